The van der Waals surface area contributed by atoms with E-state index in [0.29, 0.717) is 5.69 Å². The Morgan fingerprint density at radius 1 is 1.73 bits per heavy atom. The molecule has 0 aromatic carbocycles. The van der Waals surface area contributed by atoms with Crippen molar-refractivity contribution < 1.29 is 12.9 Å². The fraction of sp³-hybridized carbons (Fsp3) is 0.400. The fourth-order valence-electron chi connectivity index (χ4n) is 0.665. The number of nitrogen functional groups attached to an aromatic ring is 1. The molecule has 1 rings (SSSR count). The zero-order chi connectivity index (χ0) is 8.48. The Bertz CT molecular complexity index is 340. The van der Waals surface area contributed by atoms with E-state index in [1.54, 1.807) is 0 Å². The molecular weight excluding hydrogens is 168 g/mol. The topological polar surface area (TPSA) is 86.2 Å². The van der Waals surface area contributed by atoms with Crippen LogP contribution in [-0.2, 0) is 15.6 Å². The summed E-state index contributed by atoms with van der Waals surface area (Å²) in [7, 11) is -3.04. The van der Waals surface area contributed by atoms with Crippen LogP contribution in [0.4, 0.5) is 5.88 Å². The van der Waals surface area contributed by atoms with Crippen molar-refractivity contribution in [2.45, 2.75) is 5.75 Å². The van der Waals surface area contributed by atoms with Gasteiger partial charge in [-0.05, 0) is 0 Å². The molecule has 2 N–H and O–H groups in total. The van der Waals surface area contributed by atoms with E-state index in [1.165, 1.54) is 6.07 Å². The lowest BCUT2D eigenvalue weighted by Crippen LogP contribution is -2.00. The SMILES string of the molecule is CS(=O)(=O)Cc1cc(N)on1. The van der Waals surface area contributed by atoms with Crippen molar-refractivity contribution in [3.63, 3.8) is 0 Å². The number of sulfone groups is 1. The molecule has 0 bridgehead atoms. The molecule has 6 heteroatoms. The molecule has 0 atom stereocenters. The van der Waals surface area contributed by atoms with Crippen LogP contribution >= 0.6 is 0 Å². The van der Waals surface area contributed by atoms with E-state index < -0.39 is 9.84 Å². The van der Waals surface area contributed by atoms with E-state index in [2.05, 4.69) is 9.68 Å². The fourth-order valence-corrected chi connectivity index (χ4v) is 1.34. The summed E-state index contributed by atoms with van der Waals surface area (Å²) in [5.74, 6) is -0.00287. The highest BCUT2D eigenvalue weighted by Crippen LogP contribution is 2.07. The molecule has 0 saturated carbocycles. The Morgan fingerprint density at radius 2 is 2.36 bits per heavy atom. The summed E-state index contributed by atoms with van der Waals surface area (Å²) in [6, 6.07) is 1.39. The zero-order valence-electron chi connectivity index (χ0n) is 5.94. The highest BCUT2D eigenvalue weighted by atomic mass is 32.2. The second-order valence-corrected chi connectivity index (χ2v) is 4.43. The van der Waals surface area contributed by atoms with E-state index >= 15 is 0 Å². The van der Waals surface area contributed by atoms with Crippen LogP contribution in [0, 0.1) is 0 Å². The van der Waals surface area contributed by atoms with Crippen molar-refractivity contribution in [1.82, 2.24) is 5.16 Å². The van der Waals surface area contributed by atoms with Gasteiger partial charge in [-0.25, -0.2) is 8.42 Å². The Labute approximate surface area is 64.1 Å². The van der Waals surface area contributed by atoms with Crippen molar-refractivity contribution in [1.29, 1.82) is 0 Å². The molecule has 62 valence electrons. The number of rotatable bonds is 2. The molecule has 0 saturated heterocycles. The van der Waals surface area contributed by atoms with Crippen LogP contribution in [0.2, 0.25) is 0 Å². The van der Waals surface area contributed by atoms with Gasteiger partial charge in [-0.3, -0.25) is 0 Å². The number of aromatic nitrogens is 1. The first-order valence-corrected chi connectivity index (χ1v) is 4.92. The van der Waals surface area contributed by atoms with Gasteiger partial charge in [-0.2, -0.15) is 0 Å². The third kappa shape index (κ3) is 2.58. The maximum absolute atomic E-state index is 10.7. The van der Waals surface area contributed by atoms with Crippen molar-refractivity contribution in [2.24, 2.45) is 0 Å². The Kier molecular flexibility index (Phi) is 1.86. The van der Waals surface area contributed by atoms with E-state index in [1.807, 2.05) is 0 Å². The molecule has 0 unspecified atom stereocenters. The molecule has 0 spiro atoms. The van der Waals surface area contributed by atoms with Gasteiger partial charge in [0.1, 0.15) is 5.69 Å². The number of hydrogen-bond acceptors (Lipinski definition) is 5. The number of nitrogens with two attached hydrogens (primary N) is 1. The second-order valence-electron chi connectivity index (χ2n) is 2.29. The summed E-state index contributed by atoms with van der Waals surface area (Å²) in [5.41, 5.74) is 5.51. The number of nitrogens with zero attached hydrogens (tertiary/aromatic N) is 1. The summed E-state index contributed by atoms with van der Waals surface area (Å²) in [5, 5.41) is 3.42. The minimum absolute atomic E-state index is 0.128. The third-order valence-electron chi connectivity index (χ3n) is 0.987. The Morgan fingerprint density at radius 3 is 2.73 bits per heavy atom. The molecule has 5 nitrogen and oxygen atoms in total. The maximum atomic E-state index is 10.7. The normalized spacial score (nSPS) is 11.7. The molecule has 0 aliphatic rings. The van der Waals surface area contributed by atoms with Crippen LogP contribution < -0.4 is 5.73 Å². The minimum atomic E-state index is -3.04. The Hall–Kier alpha value is -1.04. The lowest BCUT2D eigenvalue weighted by atomic mass is 10.5. The van der Waals surface area contributed by atoms with Gasteiger partial charge in [0.15, 0.2) is 9.84 Å². The van der Waals surface area contributed by atoms with E-state index in [4.69, 9.17) is 5.73 Å². The van der Waals surface area contributed by atoms with Crippen LogP contribution in [-0.4, -0.2) is 19.8 Å². The van der Waals surface area contributed by atoms with Gasteiger partial charge in [0.2, 0.25) is 5.88 Å². The molecule has 1 aromatic heterocycles. The van der Waals surface area contributed by atoms with Crippen LogP contribution in [0.5, 0.6) is 0 Å². The summed E-state index contributed by atoms with van der Waals surface area (Å²) < 4.78 is 25.8. The van der Waals surface area contributed by atoms with Gasteiger partial charge in [0.25, 0.3) is 0 Å². The molecule has 0 amide bonds. The van der Waals surface area contributed by atoms with Crippen LogP contribution in [0.25, 0.3) is 0 Å². The van der Waals surface area contributed by atoms with Gasteiger partial charge in [0.05, 0.1) is 5.75 Å². The lowest BCUT2D eigenvalue weighted by molar-refractivity contribution is 0.430. The van der Waals surface area contributed by atoms with Gasteiger partial charge in [0, 0.05) is 12.3 Å². The average Bonchev–Trinajstić information content (AvgIpc) is 2.10. The summed E-state index contributed by atoms with van der Waals surface area (Å²) in [4.78, 5) is 0. The zero-order valence-corrected chi connectivity index (χ0v) is 6.76. The van der Waals surface area contributed by atoms with E-state index in [-0.39, 0.29) is 11.6 Å². The lowest BCUT2D eigenvalue weighted by Gasteiger charge is -1.88. The molecule has 0 fully saturated rings. The predicted octanol–water partition coefficient (Wildman–Crippen LogP) is -0.199. The monoisotopic (exact) mass is 176 g/mol. The molecule has 0 aliphatic carbocycles. The first-order chi connectivity index (χ1) is 4.97. The first kappa shape index (κ1) is 8.06. The predicted molar refractivity (Wildman–Crippen MR) is 39.5 cm³/mol. The van der Waals surface area contributed by atoms with Gasteiger partial charge in [-0.15, -0.1) is 0 Å². The van der Waals surface area contributed by atoms with Crippen LogP contribution in [0.15, 0.2) is 10.6 Å². The Balaban J connectivity index is 2.81. The minimum Gasteiger partial charge on any atom is -0.368 e. The summed E-state index contributed by atoms with van der Waals surface area (Å²) in [6.45, 7) is 0. The quantitative estimate of drug-likeness (QED) is 0.674. The number of anilines is 1. The maximum Gasteiger partial charge on any atom is 0.222 e. The van der Waals surface area contributed by atoms with Crippen LogP contribution in [0.1, 0.15) is 5.69 Å². The number of hydrogen-bond donors (Lipinski definition) is 1. The molecule has 11 heavy (non-hydrogen) atoms. The second kappa shape index (κ2) is 2.54. The van der Waals surface area contributed by atoms with Crippen molar-refractivity contribution >= 4 is 15.7 Å². The van der Waals surface area contributed by atoms with Gasteiger partial charge < -0.3 is 10.3 Å². The third-order valence-corrected chi connectivity index (χ3v) is 1.81. The highest BCUT2D eigenvalue weighted by molar-refractivity contribution is 7.89. The molecule has 1 heterocycles. The smallest absolute Gasteiger partial charge is 0.222 e. The van der Waals surface area contributed by atoms with Crippen LogP contribution in [0.3, 0.4) is 0 Å². The molecule has 0 aliphatic heterocycles. The molecule has 0 radical (unpaired) electrons. The molecular formula is C5H8N2O3S. The van der Waals surface area contributed by atoms with Crippen molar-refractivity contribution in [3.05, 3.63) is 11.8 Å². The summed E-state index contributed by atoms with van der Waals surface area (Å²) >= 11 is 0. The first-order valence-electron chi connectivity index (χ1n) is 2.86. The van der Waals surface area contributed by atoms with Crippen molar-refractivity contribution in [3.8, 4) is 0 Å². The average molecular weight is 176 g/mol. The standard InChI is InChI=1S/C5H8N2O3S/c1-11(8,9)3-4-2-5(6)10-7-4/h2H,3,6H2,1H3. The van der Waals surface area contributed by atoms with Gasteiger partial charge in [-0.1, -0.05) is 5.16 Å². The van der Waals surface area contributed by atoms with E-state index in [0.717, 1.165) is 6.26 Å². The molecule has 1 aromatic rings. The summed E-state index contributed by atoms with van der Waals surface area (Å²) in [6.07, 6.45) is 1.12. The van der Waals surface area contributed by atoms with E-state index in [9.17, 15) is 8.42 Å². The van der Waals surface area contributed by atoms with Gasteiger partial charge >= 0.3 is 0 Å². The highest BCUT2D eigenvalue weighted by Gasteiger charge is 2.08. The van der Waals surface area contributed by atoms with Crippen molar-refractivity contribution in [2.75, 3.05) is 12.0 Å². The largest absolute Gasteiger partial charge is 0.368 e.